The van der Waals surface area contributed by atoms with Crippen LogP contribution in [0.15, 0.2) is 67.3 Å². The Morgan fingerprint density at radius 1 is 1.00 bits per heavy atom. The first-order chi connectivity index (χ1) is 16.4. The molecule has 0 spiro atoms. The Labute approximate surface area is 206 Å². The smallest absolute Gasteiger partial charge is 0.126 e. The third-order valence-electron chi connectivity index (χ3n) is 4.86. The van der Waals surface area contributed by atoms with E-state index in [-0.39, 0.29) is 6.04 Å². The summed E-state index contributed by atoms with van der Waals surface area (Å²) in [5.74, 6) is -1.18. The number of hydrogen-bond acceptors (Lipinski definition) is 2. The summed E-state index contributed by atoms with van der Waals surface area (Å²) in [7, 11) is 0. The zero-order valence-corrected chi connectivity index (χ0v) is 21.8. The molecule has 0 fully saturated rings. The molecule has 0 saturated carbocycles. The van der Waals surface area contributed by atoms with Gasteiger partial charge in [-0.3, -0.25) is 0 Å². The quantitative estimate of drug-likeness (QED) is 0.305. The summed E-state index contributed by atoms with van der Waals surface area (Å²) >= 11 is 0. The van der Waals surface area contributed by atoms with Crippen molar-refractivity contribution in [3.63, 3.8) is 0 Å². The van der Waals surface area contributed by atoms with Crippen molar-refractivity contribution in [2.45, 2.75) is 85.3 Å². The highest BCUT2D eigenvalue weighted by Crippen LogP contribution is 2.23. The lowest BCUT2D eigenvalue weighted by molar-refractivity contribution is 0.157. The van der Waals surface area contributed by atoms with E-state index in [1.165, 1.54) is 29.7 Å². The Bertz CT molecular complexity index is 799. The van der Waals surface area contributed by atoms with Gasteiger partial charge < -0.3 is 10.4 Å². The standard InChI is InChI=1S/C25H31F2NO.C3H8.C2H6/c1-3-5-6-12-25(24-11-8-7-10-20(24)9-4-2)28-18-23(29)14-13-19-15-21(26)17-22(27)16-19;1-3-2;1-2/h4-8,10-11,15-17,23,25,28-29H,2-3,9,12-14,18H2,1H3;3H2,1-2H3;1-2H3/b6-5+;;. The number of aryl methyl sites for hydroxylation is 1. The highest BCUT2D eigenvalue weighted by molar-refractivity contribution is 5.32. The molecule has 2 unspecified atom stereocenters. The second-order valence-corrected chi connectivity index (χ2v) is 7.95. The van der Waals surface area contributed by atoms with Gasteiger partial charge in [0.2, 0.25) is 0 Å². The number of aliphatic hydroxyl groups is 1. The van der Waals surface area contributed by atoms with E-state index in [0.717, 1.165) is 25.3 Å². The van der Waals surface area contributed by atoms with Gasteiger partial charge in [-0.25, -0.2) is 8.78 Å². The van der Waals surface area contributed by atoms with Crippen LogP contribution in [0.4, 0.5) is 8.78 Å². The molecule has 0 aliphatic heterocycles. The molecule has 0 heterocycles. The molecule has 0 radical (unpaired) electrons. The van der Waals surface area contributed by atoms with Gasteiger partial charge in [0.1, 0.15) is 11.6 Å². The molecule has 2 aromatic carbocycles. The zero-order chi connectivity index (χ0) is 25.8. The average molecular weight is 474 g/mol. The first-order valence-electron chi connectivity index (χ1n) is 12.6. The van der Waals surface area contributed by atoms with E-state index in [9.17, 15) is 13.9 Å². The monoisotopic (exact) mass is 473 g/mol. The lowest BCUT2D eigenvalue weighted by Crippen LogP contribution is -2.31. The van der Waals surface area contributed by atoms with Gasteiger partial charge in [0.05, 0.1) is 6.10 Å². The molecule has 0 amide bonds. The van der Waals surface area contributed by atoms with Crippen LogP contribution >= 0.6 is 0 Å². The van der Waals surface area contributed by atoms with Crippen molar-refractivity contribution in [2.75, 3.05) is 6.54 Å². The molecule has 0 saturated heterocycles. The van der Waals surface area contributed by atoms with Crippen LogP contribution in [0.5, 0.6) is 0 Å². The fourth-order valence-electron chi connectivity index (χ4n) is 3.40. The molecule has 190 valence electrons. The van der Waals surface area contributed by atoms with E-state index in [4.69, 9.17) is 0 Å². The molecular weight excluding hydrogens is 428 g/mol. The second kappa shape index (κ2) is 20.1. The fraction of sp³-hybridized carbons (Fsp3) is 0.467. The summed E-state index contributed by atoms with van der Waals surface area (Å²) < 4.78 is 26.6. The third kappa shape index (κ3) is 13.4. The van der Waals surface area contributed by atoms with E-state index in [1.807, 2.05) is 32.1 Å². The van der Waals surface area contributed by atoms with E-state index >= 15 is 0 Å². The van der Waals surface area contributed by atoms with Gasteiger partial charge in [-0.2, -0.15) is 0 Å². The summed E-state index contributed by atoms with van der Waals surface area (Å²) in [5, 5.41) is 13.9. The summed E-state index contributed by atoms with van der Waals surface area (Å²) in [6.45, 7) is 14.6. The van der Waals surface area contributed by atoms with E-state index in [0.29, 0.717) is 24.9 Å². The Balaban J connectivity index is 0.00000201. The zero-order valence-electron chi connectivity index (χ0n) is 21.8. The van der Waals surface area contributed by atoms with Gasteiger partial charge >= 0.3 is 0 Å². The van der Waals surface area contributed by atoms with Crippen LogP contribution in [0.3, 0.4) is 0 Å². The Kier molecular flexibility index (Phi) is 18.7. The van der Waals surface area contributed by atoms with Crippen molar-refractivity contribution in [1.29, 1.82) is 0 Å². The van der Waals surface area contributed by atoms with Gasteiger partial charge in [0.15, 0.2) is 0 Å². The van der Waals surface area contributed by atoms with Crippen LogP contribution in [0.2, 0.25) is 0 Å². The van der Waals surface area contributed by atoms with E-state index in [1.54, 1.807) is 0 Å². The Morgan fingerprint density at radius 2 is 1.62 bits per heavy atom. The fourth-order valence-corrected chi connectivity index (χ4v) is 3.40. The normalized spacial score (nSPS) is 12.2. The summed E-state index contributed by atoms with van der Waals surface area (Å²) in [5.41, 5.74) is 2.97. The van der Waals surface area contributed by atoms with E-state index < -0.39 is 17.7 Å². The molecule has 4 heteroatoms. The number of allylic oxidation sites excluding steroid dienone is 2. The van der Waals surface area contributed by atoms with Crippen molar-refractivity contribution in [3.05, 3.63) is 95.6 Å². The Morgan fingerprint density at radius 3 is 2.21 bits per heavy atom. The number of halogens is 2. The van der Waals surface area contributed by atoms with Gasteiger partial charge in [-0.1, -0.05) is 83.5 Å². The van der Waals surface area contributed by atoms with Crippen LogP contribution in [0.1, 0.15) is 83.0 Å². The van der Waals surface area contributed by atoms with Crippen molar-refractivity contribution in [3.8, 4) is 0 Å². The number of benzene rings is 2. The van der Waals surface area contributed by atoms with Crippen molar-refractivity contribution in [2.24, 2.45) is 0 Å². The minimum absolute atomic E-state index is 0.0789. The van der Waals surface area contributed by atoms with Gasteiger partial charge in [-0.15, -0.1) is 6.58 Å². The van der Waals surface area contributed by atoms with Crippen molar-refractivity contribution >= 4 is 0 Å². The predicted octanol–water partition coefficient (Wildman–Crippen LogP) is 8.12. The molecule has 0 aliphatic rings. The molecule has 0 bridgehead atoms. The van der Waals surface area contributed by atoms with Gasteiger partial charge in [-0.05, 0) is 60.9 Å². The third-order valence-corrected chi connectivity index (χ3v) is 4.86. The number of nitrogens with one attached hydrogen (secondary N) is 1. The largest absolute Gasteiger partial charge is 0.392 e. The molecule has 34 heavy (non-hydrogen) atoms. The second-order valence-electron chi connectivity index (χ2n) is 7.95. The van der Waals surface area contributed by atoms with Crippen LogP contribution in [-0.4, -0.2) is 17.8 Å². The van der Waals surface area contributed by atoms with Crippen molar-refractivity contribution in [1.82, 2.24) is 5.32 Å². The summed E-state index contributed by atoms with van der Waals surface area (Å²) in [6, 6.07) is 11.8. The maximum Gasteiger partial charge on any atom is 0.126 e. The molecule has 2 rings (SSSR count). The minimum atomic E-state index is -0.606. The highest BCUT2D eigenvalue weighted by atomic mass is 19.1. The lowest BCUT2D eigenvalue weighted by Gasteiger charge is -2.22. The average Bonchev–Trinajstić information content (AvgIpc) is 2.82. The minimum Gasteiger partial charge on any atom is -0.392 e. The van der Waals surface area contributed by atoms with Crippen LogP contribution in [-0.2, 0) is 12.8 Å². The van der Waals surface area contributed by atoms with Crippen LogP contribution in [0, 0.1) is 11.6 Å². The molecule has 2 aromatic rings. The highest BCUT2D eigenvalue weighted by Gasteiger charge is 2.15. The van der Waals surface area contributed by atoms with Crippen molar-refractivity contribution < 1.29 is 13.9 Å². The number of hydrogen-bond donors (Lipinski definition) is 2. The lowest BCUT2D eigenvalue weighted by atomic mass is 9.95. The first kappa shape index (κ1) is 31.7. The topological polar surface area (TPSA) is 32.3 Å². The summed E-state index contributed by atoms with van der Waals surface area (Å²) in [4.78, 5) is 0. The summed E-state index contributed by atoms with van der Waals surface area (Å²) in [6.07, 6.45) is 10.3. The molecule has 2 atom stereocenters. The first-order valence-corrected chi connectivity index (χ1v) is 12.6. The number of rotatable bonds is 12. The SMILES string of the molecule is C=CCc1ccccc1C(C/C=C/CC)NCC(O)CCc1cc(F)cc(F)c1.CC.CCC. The van der Waals surface area contributed by atoms with Gasteiger partial charge in [0.25, 0.3) is 0 Å². The Hall–Kier alpha value is -2.30. The molecule has 0 aliphatic carbocycles. The van der Waals surface area contributed by atoms with E-state index in [2.05, 4.69) is 57.0 Å². The number of aliphatic hydroxyl groups excluding tert-OH is 1. The molecule has 2 nitrogen and oxygen atoms in total. The molecule has 2 N–H and O–H groups in total. The van der Waals surface area contributed by atoms with Gasteiger partial charge in [0, 0.05) is 18.7 Å². The maximum atomic E-state index is 13.3. The predicted molar refractivity (Wildman–Crippen MR) is 143 cm³/mol. The maximum absolute atomic E-state index is 13.3. The molecular formula is C30H45F2NO. The van der Waals surface area contributed by atoms with Crippen LogP contribution < -0.4 is 5.32 Å². The van der Waals surface area contributed by atoms with Crippen LogP contribution in [0.25, 0.3) is 0 Å². The molecule has 0 aromatic heterocycles.